The Morgan fingerprint density at radius 2 is 2.00 bits per heavy atom. The maximum atomic E-state index is 12.0. The van der Waals surface area contributed by atoms with Crippen LogP contribution in [0.4, 0.5) is 0 Å². The van der Waals surface area contributed by atoms with Gasteiger partial charge in [-0.1, -0.05) is 30.3 Å². The zero-order chi connectivity index (χ0) is 14.4. The second kappa shape index (κ2) is 6.86. The summed E-state index contributed by atoms with van der Waals surface area (Å²) in [5, 5.41) is 3.93. The molecule has 0 aliphatic heterocycles. The van der Waals surface area contributed by atoms with Crippen LogP contribution < -0.4 is 10.2 Å². The number of carbonyl (C=O) groups is 1. The first-order chi connectivity index (χ1) is 9.70. The molecule has 0 bridgehead atoms. The average molecular weight is 333 g/mol. The normalized spacial score (nSPS) is 10.5. The maximum absolute atomic E-state index is 12.0. The van der Waals surface area contributed by atoms with Gasteiger partial charge in [0.15, 0.2) is 0 Å². The molecule has 0 unspecified atom stereocenters. The first kappa shape index (κ1) is 14.3. The Hall–Kier alpha value is -2.14. The SMILES string of the molecule is COc1ccc(Br)c(C(=O)N/N=C\c2ccccc2)c1. The number of methoxy groups -OCH3 is 1. The van der Waals surface area contributed by atoms with Crippen molar-refractivity contribution >= 4 is 28.1 Å². The zero-order valence-corrected chi connectivity index (χ0v) is 12.4. The van der Waals surface area contributed by atoms with Gasteiger partial charge in [-0.25, -0.2) is 5.43 Å². The number of hydrazone groups is 1. The molecule has 2 aromatic rings. The molecule has 2 rings (SSSR count). The van der Waals surface area contributed by atoms with E-state index in [0.717, 1.165) is 5.56 Å². The Morgan fingerprint density at radius 1 is 1.25 bits per heavy atom. The molecule has 102 valence electrons. The van der Waals surface area contributed by atoms with Gasteiger partial charge in [-0.2, -0.15) is 5.10 Å². The lowest BCUT2D eigenvalue weighted by molar-refractivity contribution is 0.0954. The summed E-state index contributed by atoms with van der Waals surface area (Å²) in [7, 11) is 1.55. The number of nitrogens with zero attached hydrogens (tertiary/aromatic N) is 1. The summed E-state index contributed by atoms with van der Waals surface area (Å²) in [4.78, 5) is 12.0. The average Bonchev–Trinajstić information content (AvgIpc) is 2.48. The third-order valence-electron chi connectivity index (χ3n) is 2.60. The third kappa shape index (κ3) is 3.68. The van der Waals surface area contributed by atoms with Crippen LogP contribution in [0.25, 0.3) is 0 Å². The second-order valence-corrected chi connectivity index (χ2v) is 4.81. The Labute approximate surface area is 125 Å². The van der Waals surface area contributed by atoms with Crippen molar-refractivity contribution in [1.82, 2.24) is 5.43 Å². The number of carbonyl (C=O) groups excluding carboxylic acids is 1. The van der Waals surface area contributed by atoms with Crippen molar-refractivity contribution in [3.8, 4) is 5.75 Å². The molecule has 0 aliphatic carbocycles. The topological polar surface area (TPSA) is 50.7 Å². The molecular formula is C15H13BrN2O2. The summed E-state index contributed by atoms with van der Waals surface area (Å²) in [5.74, 6) is 0.313. The quantitative estimate of drug-likeness (QED) is 0.690. The summed E-state index contributed by atoms with van der Waals surface area (Å²) < 4.78 is 5.78. The van der Waals surface area contributed by atoms with Crippen LogP contribution in [0.3, 0.4) is 0 Å². The number of nitrogens with one attached hydrogen (secondary N) is 1. The molecule has 0 radical (unpaired) electrons. The summed E-state index contributed by atoms with van der Waals surface area (Å²) in [6, 6.07) is 14.7. The lowest BCUT2D eigenvalue weighted by Crippen LogP contribution is -2.18. The standard InChI is InChI=1S/C15H13BrN2O2/c1-20-12-7-8-14(16)13(9-12)15(19)18-17-10-11-5-3-2-4-6-11/h2-10H,1H3,(H,18,19)/b17-10-. The van der Waals surface area contributed by atoms with Gasteiger partial charge in [0.1, 0.15) is 5.75 Å². The van der Waals surface area contributed by atoms with E-state index in [0.29, 0.717) is 15.8 Å². The number of benzene rings is 2. The van der Waals surface area contributed by atoms with E-state index in [4.69, 9.17) is 4.74 Å². The van der Waals surface area contributed by atoms with Crippen LogP contribution in [0.2, 0.25) is 0 Å². The molecule has 5 heteroatoms. The fourth-order valence-electron chi connectivity index (χ4n) is 1.57. The number of amides is 1. The molecule has 1 amide bonds. The first-order valence-corrected chi connectivity index (χ1v) is 6.72. The highest BCUT2D eigenvalue weighted by Crippen LogP contribution is 2.22. The fourth-order valence-corrected chi connectivity index (χ4v) is 2.00. The van der Waals surface area contributed by atoms with E-state index in [1.54, 1.807) is 31.5 Å². The Kier molecular flexibility index (Phi) is 4.90. The van der Waals surface area contributed by atoms with Crippen molar-refractivity contribution < 1.29 is 9.53 Å². The fraction of sp³-hybridized carbons (Fsp3) is 0.0667. The van der Waals surface area contributed by atoms with E-state index in [1.807, 2.05) is 30.3 Å². The third-order valence-corrected chi connectivity index (χ3v) is 3.29. The molecule has 20 heavy (non-hydrogen) atoms. The molecule has 0 heterocycles. The van der Waals surface area contributed by atoms with E-state index in [2.05, 4.69) is 26.5 Å². The molecule has 0 atom stereocenters. The van der Waals surface area contributed by atoms with Crippen LogP contribution in [-0.4, -0.2) is 19.2 Å². The predicted molar refractivity (Wildman–Crippen MR) is 82.2 cm³/mol. The molecule has 0 fully saturated rings. The van der Waals surface area contributed by atoms with Crippen LogP contribution in [0.5, 0.6) is 5.75 Å². The molecule has 4 nitrogen and oxygen atoms in total. The molecule has 0 saturated heterocycles. The largest absolute Gasteiger partial charge is 0.497 e. The minimum atomic E-state index is -0.303. The van der Waals surface area contributed by atoms with E-state index in [-0.39, 0.29) is 5.91 Å². The minimum absolute atomic E-state index is 0.303. The maximum Gasteiger partial charge on any atom is 0.272 e. The molecular weight excluding hydrogens is 320 g/mol. The van der Waals surface area contributed by atoms with Gasteiger partial charge in [0.25, 0.3) is 5.91 Å². The Morgan fingerprint density at radius 3 is 2.70 bits per heavy atom. The smallest absolute Gasteiger partial charge is 0.272 e. The second-order valence-electron chi connectivity index (χ2n) is 3.96. The molecule has 0 saturated carbocycles. The highest BCUT2D eigenvalue weighted by Gasteiger charge is 2.10. The lowest BCUT2D eigenvalue weighted by atomic mass is 10.2. The number of ether oxygens (including phenoxy) is 1. The molecule has 0 spiro atoms. The van der Waals surface area contributed by atoms with Crippen molar-refractivity contribution in [2.75, 3.05) is 7.11 Å². The van der Waals surface area contributed by atoms with Gasteiger partial charge >= 0.3 is 0 Å². The van der Waals surface area contributed by atoms with Crippen molar-refractivity contribution in [2.24, 2.45) is 5.10 Å². The van der Waals surface area contributed by atoms with Crippen molar-refractivity contribution in [3.05, 3.63) is 64.1 Å². The lowest BCUT2D eigenvalue weighted by Gasteiger charge is -2.05. The summed E-state index contributed by atoms with van der Waals surface area (Å²) in [6.45, 7) is 0. The van der Waals surface area contributed by atoms with Crippen molar-refractivity contribution in [2.45, 2.75) is 0 Å². The van der Waals surface area contributed by atoms with Crippen LogP contribution >= 0.6 is 15.9 Å². The van der Waals surface area contributed by atoms with Gasteiger partial charge in [0.05, 0.1) is 18.9 Å². The van der Waals surface area contributed by atoms with Crippen molar-refractivity contribution in [3.63, 3.8) is 0 Å². The molecule has 2 aromatic carbocycles. The Balaban J connectivity index is 2.07. The molecule has 0 aromatic heterocycles. The Bertz CT molecular complexity index is 627. The van der Waals surface area contributed by atoms with Crippen LogP contribution in [0.15, 0.2) is 58.1 Å². The van der Waals surface area contributed by atoms with Crippen molar-refractivity contribution in [1.29, 1.82) is 0 Å². The summed E-state index contributed by atoms with van der Waals surface area (Å²) in [6.07, 6.45) is 1.59. The van der Waals surface area contributed by atoms with E-state index >= 15 is 0 Å². The van der Waals surface area contributed by atoms with E-state index < -0.39 is 0 Å². The minimum Gasteiger partial charge on any atom is -0.497 e. The van der Waals surface area contributed by atoms with Gasteiger partial charge in [0, 0.05) is 4.47 Å². The van der Waals surface area contributed by atoms with E-state index in [9.17, 15) is 4.79 Å². The van der Waals surface area contributed by atoms with Gasteiger partial charge in [0.2, 0.25) is 0 Å². The van der Waals surface area contributed by atoms with Crippen LogP contribution in [0, 0.1) is 0 Å². The van der Waals surface area contributed by atoms with Gasteiger partial charge < -0.3 is 4.74 Å². The van der Waals surface area contributed by atoms with Crippen LogP contribution in [-0.2, 0) is 0 Å². The molecule has 1 N–H and O–H groups in total. The zero-order valence-electron chi connectivity index (χ0n) is 10.8. The highest BCUT2D eigenvalue weighted by atomic mass is 79.9. The van der Waals surface area contributed by atoms with Gasteiger partial charge in [-0.15, -0.1) is 0 Å². The number of rotatable bonds is 4. The van der Waals surface area contributed by atoms with Crippen LogP contribution in [0.1, 0.15) is 15.9 Å². The molecule has 0 aliphatic rings. The van der Waals surface area contributed by atoms with Gasteiger partial charge in [-0.05, 0) is 39.7 Å². The number of hydrogen-bond donors (Lipinski definition) is 1. The predicted octanol–water partition coefficient (Wildman–Crippen LogP) is 3.22. The number of halogens is 1. The highest BCUT2D eigenvalue weighted by molar-refractivity contribution is 9.10. The summed E-state index contributed by atoms with van der Waals surface area (Å²) >= 11 is 3.33. The van der Waals surface area contributed by atoms with E-state index in [1.165, 1.54) is 0 Å². The number of hydrogen-bond acceptors (Lipinski definition) is 3. The monoisotopic (exact) mass is 332 g/mol. The first-order valence-electron chi connectivity index (χ1n) is 5.92. The van der Waals surface area contributed by atoms with Gasteiger partial charge in [-0.3, -0.25) is 4.79 Å². The summed E-state index contributed by atoms with van der Waals surface area (Å²) in [5.41, 5.74) is 3.87.